The molecule has 160 valence electrons. The number of imidazole rings is 1. The number of fused-ring (bicyclic) bond motifs is 1. The molecule has 0 aliphatic heterocycles. The van der Waals surface area contributed by atoms with E-state index in [4.69, 9.17) is 0 Å². The number of rotatable bonds is 5. The van der Waals surface area contributed by atoms with Gasteiger partial charge in [-0.2, -0.15) is 5.10 Å². The van der Waals surface area contributed by atoms with Crippen LogP contribution in [0.3, 0.4) is 0 Å². The third kappa shape index (κ3) is 3.71. The zero-order valence-electron chi connectivity index (χ0n) is 17.3. The van der Waals surface area contributed by atoms with Gasteiger partial charge in [-0.3, -0.25) is 9.08 Å². The molecule has 4 heterocycles. The average molecular weight is 449 g/mol. The molecular weight excluding hydrogens is 430 g/mol. The minimum atomic E-state index is -0.663. The molecule has 1 aromatic carbocycles. The topological polar surface area (TPSA) is 60.0 Å². The van der Waals surface area contributed by atoms with Crippen LogP contribution in [0.4, 0.5) is 14.5 Å². The van der Waals surface area contributed by atoms with E-state index in [0.717, 1.165) is 34.2 Å². The largest absolute Gasteiger partial charge is 0.330 e. The number of pyridine rings is 2. The van der Waals surface area contributed by atoms with Crippen molar-refractivity contribution in [2.45, 2.75) is 0 Å². The van der Waals surface area contributed by atoms with Crippen LogP contribution in [-0.2, 0) is 7.05 Å². The summed E-state index contributed by atoms with van der Waals surface area (Å²) in [5.41, 5.74) is 5.50. The van der Waals surface area contributed by atoms with Crippen LogP contribution in [0, 0.1) is 11.6 Å². The molecule has 6 nitrogen and oxygen atoms in total. The molecule has 0 saturated heterocycles. The van der Waals surface area contributed by atoms with E-state index < -0.39 is 11.6 Å². The molecule has 0 aliphatic carbocycles. The Morgan fingerprint density at radius 3 is 2.56 bits per heavy atom. The van der Waals surface area contributed by atoms with Gasteiger partial charge in [0.15, 0.2) is 0 Å². The lowest BCUT2D eigenvalue weighted by atomic mass is 10.1. The van der Waals surface area contributed by atoms with Gasteiger partial charge in [0, 0.05) is 48.6 Å². The molecule has 1 N–H and O–H groups in total. The first-order chi connectivity index (χ1) is 15.5. The lowest BCUT2D eigenvalue weighted by molar-refractivity contribution is 0.585. The van der Waals surface area contributed by atoms with Gasteiger partial charge in [-0.1, -0.05) is 11.9 Å². The Hall–Kier alpha value is -3.72. The van der Waals surface area contributed by atoms with Gasteiger partial charge < -0.3 is 4.72 Å². The maximum Gasteiger partial charge on any atom is 0.137 e. The fourth-order valence-corrected chi connectivity index (χ4v) is 3.95. The van der Waals surface area contributed by atoms with E-state index in [9.17, 15) is 8.78 Å². The smallest absolute Gasteiger partial charge is 0.137 e. The van der Waals surface area contributed by atoms with Crippen LogP contribution >= 0.6 is 11.9 Å². The summed E-state index contributed by atoms with van der Waals surface area (Å²) >= 11 is 1.41. The highest BCUT2D eigenvalue weighted by atomic mass is 32.2. The standard InChI is InChI=1S/C23H18F2N6S/c1-30-13-15(11-27-30)14-5-6-31-22(12-26-23(31)7-14)21-10-17(29-32-2)9-20(28-21)18-4-3-16(24)8-19(18)25/h3-13H,1-2H3,(H,28,29). The molecule has 32 heavy (non-hydrogen) atoms. The zero-order valence-corrected chi connectivity index (χ0v) is 18.1. The Morgan fingerprint density at radius 1 is 0.969 bits per heavy atom. The van der Waals surface area contributed by atoms with Gasteiger partial charge in [0.05, 0.1) is 29.5 Å². The molecule has 0 bridgehead atoms. The third-order valence-electron chi connectivity index (χ3n) is 5.07. The summed E-state index contributed by atoms with van der Waals surface area (Å²) in [6, 6.07) is 11.1. The molecule has 4 aromatic heterocycles. The van der Waals surface area contributed by atoms with Gasteiger partial charge in [-0.15, -0.1) is 0 Å². The van der Waals surface area contributed by atoms with Crippen molar-refractivity contribution in [3.8, 4) is 33.8 Å². The van der Waals surface area contributed by atoms with E-state index >= 15 is 0 Å². The van der Waals surface area contributed by atoms with Gasteiger partial charge >= 0.3 is 0 Å². The highest BCUT2D eigenvalue weighted by Gasteiger charge is 2.15. The third-order valence-corrected chi connectivity index (χ3v) is 5.51. The normalized spacial score (nSPS) is 11.2. The van der Waals surface area contributed by atoms with Crippen molar-refractivity contribution in [1.82, 2.24) is 24.1 Å². The average Bonchev–Trinajstić information content (AvgIpc) is 3.39. The van der Waals surface area contributed by atoms with Crippen LogP contribution in [0.1, 0.15) is 0 Å². The lowest BCUT2D eigenvalue weighted by Gasteiger charge is -2.11. The summed E-state index contributed by atoms with van der Waals surface area (Å²) in [4.78, 5) is 9.21. The van der Waals surface area contributed by atoms with Gasteiger partial charge in [0.1, 0.15) is 17.3 Å². The highest BCUT2D eigenvalue weighted by Crippen LogP contribution is 2.31. The molecule has 0 aliphatic rings. The monoisotopic (exact) mass is 448 g/mol. The number of nitrogens with zero attached hydrogens (tertiary/aromatic N) is 5. The van der Waals surface area contributed by atoms with Crippen molar-refractivity contribution in [1.29, 1.82) is 0 Å². The summed E-state index contributed by atoms with van der Waals surface area (Å²) in [5, 5.41) is 4.22. The number of aryl methyl sites for hydroxylation is 1. The molecule has 9 heteroatoms. The van der Waals surface area contributed by atoms with Crippen molar-refractivity contribution in [3.63, 3.8) is 0 Å². The van der Waals surface area contributed by atoms with E-state index in [0.29, 0.717) is 11.4 Å². The van der Waals surface area contributed by atoms with Crippen molar-refractivity contribution in [2.75, 3.05) is 11.0 Å². The zero-order chi connectivity index (χ0) is 22.2. The first-order valence-electron chi connectivity index (χ1n) is 9.75. The number of hydrogen-bond acceptors (Lipinski definition) is 5. The molecule has 0 spiro atoms. The molecule has 5 aromatic rings. The molecule has 0 atom stereocenters. The fraction of sp³-hybridized carbons (Fsp3) is 0.0870. The Labute approximate surface area is 187 Å². The predicted octanol–water partition coefficient (Wildman–Crippen LogP) is 5.43. The van der Waals surface area contributed by atoms with Crippen LogP contribution in [0.2, 0.25) is 0 Å². The molecular formula is C23H18F2N6S. The van der Waals surface area contributed by atoms with Gasteiger partial charge in [-0.05, 0) is 42.0 Å². The second-order valence-corrected chi connectivity index (χ2v) is 7.86. The highest BCUT2D eigenvalue weighted by molar-refractivity contribution is 7.99. The molecule has 0 radical (unpaired) electrons. The van der Waals surface area contributed by atoms with Crippen molar-refractivity contribution in [2.24, 2.45) is 7.05 Å². The van der Waals surface area contributed by atoms with Gasteiger partial charge in [0.25, 0.3) is 0 Å². The SMILES string of the molecule is CSNc1cc(-c2ccc(F)cc2F)nc(-c2cnc3cc(-c4cnn(C)c4)ccn23)c1. The van der Waals surface area contributed by atoms with E-state index in [2.05, 4.69) is 19.8 Å². The number of benzene rings is 1. The number of halogens is 2. The van der Waals surface area contributed by atoms with E-state index in [1.807, 2.05) is 48.3 Å². The van der Waals surface area contributed by atoms with Crippen LogP contribution < -0.4 is 4.72 Å². The number of anilines is 1. The minimum absolute atomic E-state index is 0.227. The van der Waals surface area contributed by atoms with Crippen LogP contribution in [0.5, 0.6) is 0 Å². The lowest BCUT2D eigenvalue weighted by Crippen LogP contribution is -1.97. The Morgan fingerprint density at radius 2 is 1.81 bits per heavy atom. The Balaban J connectivity index is 1.62. The van der Waals surface area contributed by atoms with E-state index in [1.165, 1.54) is 24.1 Å². The minimum Gasteiger partial charge on any atom is -0.330 e. The van der Waals surface area contributed by atoms with Crippen molar-refractivity contribution in [3.05, 3.63) is 78.9 Å². The Kier molecular flexibility index (Phi) is 5.10. The first kappa shape index (κ1) is 20.2. The molecule has 0 saturated carbocycles. The van der Waals surface area contributed by atoms with Crippen molar-refractivity contribution < 1.29 is 8.78 Å². The van der Waals surface area contributed by atoms with E-state index in [1.54, 1.807) is 23.1 Å². The van der Waals surface area contributed by atoms with Crippen LogP contribution in [-0.4, -0.2) is 30.4 Å². The van der Waals surface area contributed by atoms with Gasteiger partial charge in [0.2, 0.25) is 0 Å². The summed E-state index contributed by atoms with van der Waals surface area (Å²) in [7, 11) is 1.87. The predicted molar refractivity (Wildman–Crippen MR) is 123 cm³/mol. The van der Waals surface area contributed by atoms with Crippen LogP contribution in [0.15, 0.2) is 67.3 Å². The maximum atomic E-state index is 14.5. The molecule has 0 amide bonds. The number of aromatic nitrogens is 5. The first-order valence-corrected chi connectivity index (χ1v) is 11.0. The summed E-state index contributed by atoms with van der Waals surface area (Å²) < 4.78 is 34.7. The Bertz CT molecular complexity index is 1440. The quantitative estimate of drug-likeness (QED) is 0.363. The number of hydrogen-bond donors (Lipinski definition) is 1. The maximum absolute atomic E-state index is 14.5. The van der Waals surface area contributed by atoms with Crippen molar-refractivity contribution >= 4 is 23.3 Å². The van der Waals surface area contributed by atoms with Crippen LogP contribution in [0.25, 0.3) is 39.4 Å². The number of nitrogens with one attached hydrogen (secondary N) is 1. The molecule has 0 unspecified atom stereocenters. The fourth-order valence-electron chi connectivity index (χ4n) is 3.59. The second kappa shape index (κ2) is 8.08. The summed E-state index contributed by atoms with van der Waals surface area (Å²) in [6.45, 7) is 0. The van der Waals surface area contributed by atoms with E-state index in [-0.39, 0.29) is 5.56 Å². The summed E-state index contributed by atoms with van der Waals surface area (Å²) in [5.74, 6) is -1.29. The molecule has 0 fully saturated rings. The molecule has 5 rings (SSSR count). The van der Waals surface area contributed by atoms with Gasteiger partial charge in [-0.25, -0.2) is 18.7 Å². The summed E-state index contributed by atoms with van der Waals surface area (Å²) in [6.07, 6.45) is 9.30. The second-order valence-electron chi connectivity index (χ2n) is 7.25.